The molecule has 0 saturated carbocycles. The van der Waals surface area contributed by atoms with Gasteiger partial charge in [-0.15, -0.1) is 0 Å². The van der Waals surface area contributed by atoms with Crippen molar-refractivity contribution in [3.8, 4) is 0 Å². The van der Waals surface area contributed by atoms with Crippen LogP contribution in [0.25, 0.3) is 0 Å². The molecule has 0 aromatic heterocycles. The normalized spacial score (nSPS) is 10.2. The molecule has 1 N–H and O–H groups in total. The highest BCUT2D eigenvalue weighted by molar-refractivity contribution is 9.10. The van der Waals surface area contributed by atoms with Gasteiger partial charge >= 0.3 is 5.97 Å². The molecule has 0 unspecified atom stereocenters. The lowest BCUT2D eigenvalue weighted by Crippen LogP contribution is -2.00. The Kier molecular flexibility index (Phi) is 5.36. The van der Waals surface area contributed by atoms with E-state index in [1.54, 1.807) is 0 Å². The van der Waals surface area contributed by atoms with Gasteiger partial charge in [0, 0.05) is 17.5 Å². The van der Waals surface area contributed by atoms with Gasteiger partial charge in [-0.25, -0.2) is 0 Å². The third-order valence-electron chi connectivity index (χ3n) is 1.84. The Hall–Kier alpha value is -0.870. The highest BCUT2D eigenvalue weighted by Crippen LogP contribution is 2.12. The van der Waals surface area contributed by atoms with Gasteiger partial charge in [0.15, 0.2) is 0 Å². The maximum Gasteiger partial charge on any atom is 0.303 e. The van der Waals surface area contributed by atoms with Crippen molar-refractivity contribution < 1.29 is 14.6 Å². The SMILES string of the molecule is O=C(O)CCCOCc1cccc(Br)c1. The van der Waals surface area contributed by atoms with Gasteiger partial charge in [0.25, 0.3) is 0 Å². The summed E-state index contributed by atoms with van der Waals surface area (Å²) in [6, 6.07) is 7.85. The van der Waals surface area contributed by atoms with Crippen LogP contribution in [0.3, 0.4) is 0 Å². The van der Waals surface area contributed by atoms with Crippen molar-refractivity contribution >= 4 is 21.9 Å². The fourth-order valence-electron chi connectivity index (χ4n) is 1.14. The van der Waals surface area contributed by atoms with E-state index in [-0.39, 0.29) is 6.42 Å². The predicted molar refractivity (Wildman–Crippen MR) is 60.7 cm³/mol. The van der Waals surface area contributed by atoms with Gasteiger partial charge in [-0.05, 0) is 24.1 Å². The highest BCUT2D eigenvalue weighted by atomic mass is 79.9. The Morgan fingerprint density at radius 2 is 2.27 bits per heavy atom. The number of hydrogen-bond acceptors (Lipinski definition) is 2. The lowest BCUT2D eigenvalue weighted by atomic mass is 10.2. The second-order valence-corrected chi connectivity index (χ2v) is 4.10. The van der Waals surface area contributed by atoms with Crippen LogP contribution in [0.5, 0.6) is 0 Å². The minimum absolute atomic E-state index is 0.165. The molecule has 0 aliphatic carbocycles. The Morgan fingerprint density at radius 1 is 1.47 bits per heavy atom. The molecule has 1 rings (SSSR count). The van der Waals surface area contributed by atoms with Crippen LogP contribution in [-0.4, -0.2) is 17.7 Å². The second kappa shape index (κ2) is 6.58. The quantitative estimate of drug-likeness (QED) is 0.811. The number of ether oxygens (including phenoxy) is 1. The number of hydrogen-bond donors (Lipinski definition) is 1. The summed E-state index contributed by atoms with van der Waals surface area (Å²) < 4.78 is 6.36. The van der Waals surface area contributed by atoms with Crippen molar-refractivity contribution in [2.45, 2.75) is 19.4 Å². The summed E-state index contributed by atoms with van der Waals surface area (Å²) in [6.07, 6.45) is 0.724. The van der Waals surface area contributed by atoms with Gasteiger partial charge in [0.1, 0.15) is 0 Å². The first kappa shape index (κ1) is 12.2. The predicted octanol–water partition coefficient (Wildman–Crippen LogP) is 2.83. The van der Waals surface area contributed by atoms with E-state index in [0.29, 0.717) is 19.6 Å². The third kappa shape index (κ3) is 5.54. The lowest BCUT2D eigenvalue weighted by molar-refractivity contribution is -0.137. The molecule has 0 atom stereocenters. The Morgan fingerprint density at radius 3 is 2.93 bits per heavy atom. The zero-order valence-electron chi connectivity index (χ0n) is 8.28. The molecule has 1 aromatic carbocycles. The van der Waals surface area contributed by atoms with Crippen molar-refractivity contribution in [3.63, 3.8) is 0 Å². The van der Waals surface area contributed by atoms with E-state index in [1.807, 2.05) is 24.3 Å². The smallest absolute Gasteiger partial charge is 0.303 e. The van der Waals surface area contributed by atoms with Gasteiger partial charge in [-0.1, -0.05) is 28.1 Å². The number of halogens is 1. The molecule has 4 heteroatoms. The minimum atomic E-state index is -0.777. The summed E-state index contributed by atoms with van der Waals surface area (Å²) in [5.74, 6) is -0.777. The molecule has 1 aromatic rings. The first-order valence-corrected chi connectivity index (χ1v) is 5.52. The van der Waals surface area contributed by atoms with Gasteiger partial charge in [-0.2, -0.15) is 0 Å². The van der Waals surface area contributed by atoms with E-state index in [0.717, 1.165) is 10.0 Å². The van der Waals surface area contributed by atoms with Crippen LogP contribution in [0.4, 0.5) is 0 Å². The van der Waals surface area contributed by atoms with Gasteiger partial charge in [0.2, 0.25) is 0 Å². The highest BCUT2D eigenvalue weighted by Gasteiger charge is 1.97. The number of carboxylic acids is 1. The molecule has 3 nitrogen and oxygen atoms in total. The van der Waals surface area contributed by atoms with E-state index in [9.17, 15) is 4.79 Å². The molecule has 0 spiro atoms. The average Bonchev–Trinajstić information content (AvgIpc) is 2.17. The minimum Gasteiger partial charge on any atom is -0.481 e. The maximum absolute atomic E-state index is 10.2. The monoisotopic (exact) mass is 272 g/mol. The summed E-state index contributed by atoms with van der Waals surface area (Å²) in [5, 5.41) is 8.40. The van der Waals surface area contributed by atoms with Crippen molar-refractivity contribution in [1.29, 1.82) is 0 Å². The molecule has 0 fully saturated rings. The van der Waals surface area contributed by atoms with Crippen molar-refractivity contribution in [3.05, 3.63) is 34.3 Å². The Bertz CT molecular complexity index is 325. The van der Waals surface area contributed by atoms with Crippen LogP contribution < -0.4 is 0 Å². The number of rotatable bonds is 6. The van der Waals surface area contributed by atoms with Crippen LogP contribution in [-0.2, 0) is 16.1 Å². The second-order valence-electron chi connectivity index (χ2n) is 3.18. The van der Waals surface area contributed by atoms with Gasteiger partial charge in [-0.3, -0.25) is 4.79 Å². The summed E-state index contributed by atoms with van der Waals surface area (Å²) in [5.41, 5.74) is 1.08. The summed E-state index contributed by atoms with van der Waals surface area (Å²) in [4.78, 5) is 10.2. The van der Waals surface area contributed by atoms with Crippen molar-refractivity contribution in [1.82, 2.24) is 0 Å². The van der Waals surface area contributed by atoms with E-state index in [4.69, 9.17) is 9.84 Å². The molecule has 82 valence electrons. The largest absolute Gasteiger partial charge is 0.481 e. The van der Waals surface area contributed by atoms with E-state index in [1.165, 1.54) is 0 Å². The number of aliphatic carboxylic acids is 1. The van der Waals surface area contributed by atoms with Crippen LogP contribution in [0.1, 0.15) is 18.4 Å². The standard InChI is InChI=1S/C11H13BrO3/c12-10-4-1-3-9(7-10)8-15-6-2-5-11(13)14/h1,3-4,7H,2,5-6,8H2,(H,13,14). The number of carboxylic acid groups (broad SMARTS) is 1. The summed E-state index contributed by atoms with van der Waals surface area (Å²) in [7, 11) is 0. The molecular formula is C11H13BrO3. The number of carbonyl (C=O) groups is 1. The fourth-order valence-corrected chi connectivity index (χ4v) is 1.59. The van der Waals surface area contributed by atoms with Crippen molar-refractivity contribution in [2.24, 2.45) is 0 Å². The van der Waals surface area contributed by atoms with Crippen molar-refractivity contribution in [2.75, 3.05) is 6.61 Å². The first-order valence-electron chi connectivity index (χ1n) is 4.72. The van der Waals surface area contributed by atoms with E-state index in [2.05, 4.69) is 15.9 Å². The number of benzene rings is 1. The summed E-state index contributed by atoms with van der Waals surface area (Å²) >= 11 is 3.37. The fraction of sp³-hybridized carbons (Fsp3) is 0.364. The molecule has 0 aliphatic rings. The third-order valence-corrected chi connectivity index (χ3v) is 2.33. The maximum atomic E-state index is 10.2. The zero-order chi connectivity index (χ0) is 11.1. The van der Waals surface area contributed by atoms with Crippen LogP contribution in [0.2, 0.25) is 0 Å². The van der Waals surface area contributed by atoms with Crippen LogP contribution >= 0.6 is 15.9 Å². The molecule has 0 radical (unpaired) electrons. The van der Waals surface area contributed by atoms with Gasteiger partial charge in [0.05, 0.1) is 6.61 Å². The Balaban J connectivity index is 2.17. The lowest BCUT2D eigenvalue weighted by Gasteiger charge is -2.03. The molecular weight excluding hydrogens is 260 g/mol. The first-order chi connectivity index (χ1) is 7.18. The zero-order valence-corrected chi connectivity index (χ0v) is 9.87. The molecule has 0 bridgehead atoms. The Labute approximate surface area is 97.2 Å². The topological polar surface area (TPSA) is 46.5 Å². The average molecular weight is 273 g/mol. The molecule has 0 amide bonds. The molecule has 0 aliphatic heterocycles. The molecule has 15 heavy (non-hydrogen) atoms. The molecule has 0 heterocycles. The van der Waals surface area contributed by atoms with E-state index < -0.39 is 5.97 Å². The van der Waals surface area contributed by atoms with Gasteiger partial charge < -0.3 is 9.84 Å². The van der Waals surface area contributed by atoms with E-state index >= 15 is 0 Å². The summed E-state index contributed by atoms with van der Waals surface area (Å²) in [6.45, 7) is 1.01. The van der Waals surface area contributed by atoms with Crippen LogP contribution in [0.15, 0.2) is 28.7 Å². The molecule has 0 saturated heterocycles. The van der Waals surface area contributed by atoms with Crippen LogP contribution in [0, 0.1) is 0 Å².